The third kappa shape index (κ3) is 4.02. The SMILES string of the molecule is O=C(CCCc1ccccc1)N(Cc1ccsc1)C1CC12CCNCC2. The standard InChI is InChI=1S/C22H28N2OS/c25-21(8-4-7-18-5-2-1-3-6-18)24(16-19-9-14-26-17-19)20-15-22(20)10-12-23-13-11-22/h1-3,5-6,9,14,17,20,23H,4,7-8,10-13,15-16H2. The van der Waals surface area contributed by atoms with Crippen molar-refractivity contribution in [3.05, 3.63) is 58.3 Å². The van der Waals surface area contributed by atoms with Crippen LogP contribution in [-0.2, 0) is 17.8 Å². The van der Waals surface area contributed by atoms with Crippen LogP contribution in [0.1, 0.15) is 43.2 Å². The van der Waals surface area contributed by atoms with Crippen LogP contribution in [0.25, 0.3) is 0 Å². The maximum atomic E-state index is 13.1. The molecule has 1 aromatic carbocycles. The van der Waals surface area contributed by atoms with E-state index in [1.54, 1.807) is 11.3 Å². The number of nitrogens with one attached hydrogen (secondary N) is 1. The van der Waals surface area contributed by atoms with Gasteiger partial charge in [-0.05, 0) is 78.6 Å². The Morgan fingerprint density at radius 1 is 1.15 bits per heavy atom. The van der Waals surface area contributed by atoms with E-state index in [-0.39, 0.29) is 0 Å². The predicted octanol–water partition coefficient (Wildman–Crippen LogP) is 4.24. The molecule has 0 radical (unpaired) electrons. The molecule has 4 heteroatoms. The molecule has 2 aliphatic rings. The maximum Gasteiger partial charge on any atom is 0.223 e. The summed E-state index contributed by atoms with van der Waals surface area (Å²) in [6.07, 6.45) is 6.21. The fourth-order valence-electron chi connectivity index (χ4n) is 4.41. The van der Waals surface area contributed by atoms with Crippen LogP contribution in [-0.4, -0.2) is 29.9 Å². The van der Waals surface area contributed by atoms with Gasteiger partial charge in [-0.1, -0.05) is 30.3 Å². The third-order valence-electron chi connectivity index (χ3n) is 6.07. The van der Waals surface area contributed by atoms with E-state index in [9.17, 15) is 4.79 Å². The highest BCUT2D eigenvalue weighted by Gasteiger charge is 2.57. The van der Waals surface area contributed by atoms with E-state index in [1.165, 1.54) is 30.4 Å². The smallest absolute Gasteiger partial charge is 0.223 e. The van der Waals surface area contributed by atoms with Gasteiger partial charge in [0.1, 0.15) is 0 Å². The van der Waals surface area contributed by atoms with Crippen LogP contribution in [0.3, 0.4) is 0 Å². The fourth-order valence-corrected chi connectivity index (χ4v) is 5.07. The van der Waals surface area contributed by atoms with E-state index < -0.39 is 0 Å². The summed E-state index contributed by atoms with van der Waals surface area (Å²) in [4.78, 5) is 15.3. The average Bonchev–Trinajstić information content (AvgIpc) is 3.10. The molecule has 1 aromatic heterocycles. The summed E-state index contributed by atoms with van der Waals surface area (Å²) in [5.41, 5.74) is 3.00. The minimum Gasteiger partial charge on any atom is -0.335 e. The van der Waals surface area contributed by atoms with Gasteiger partial charge in [-0.3, -0.25) is 4.79 Å². The number of amides is 1. The number of rotatable bonds is 7. The number of aryl methyl sites for hydroxylation is 1. The zero-order valence-electron chi connectivity index (χ0n) is 15.3. The van der Waals surface area contributed by atoms with Crippen molar-refractivity contribution < 1.29 is 4.79 Å². The molecule has 2 aromatic rings. The van der Waals surface area contributed by atoms with Crippen LogP contribution in [0.5, 0.6) is 0 Å². The van der Waals surface area contributed by atoms with Gasteiger partial charge < -0.3 is 10.2 Å². The zero-order chi connectivity index (χ0) is 17.8. The first-order valence-electron chi connectivity index (χ1n) is 9.82. The van der Waals surface area contributed by atoms with Gasteiger partial charge in [0.25, 0.3) is 0 Å². The number of hydrogen-bond acceptors (Lipinski definition) is 3. The molecule has 1 aliphatic heterocycles. The Bertz CT molecular complexity index is 707. The first-order valence-corrected chi connectivity index (χ1v) is 10.8. The van der Waals surface area contributed by atoms with Gasteiger partial charge in [-0.2, -0.15) is 11.3 Å². The van der Waals surface area contributed by atoms with Crippen molar-refractivity contribution in [1.29, 1.82) is 0 Å². The van der Waals surface area contributed by atoms with Gasteiger partial charge in [0, 0.05) is 19.0 Å². The summed E-state index contributed by atoms with van der Waals surface area (Å²) in [5, 5.41) is 7.76. The van der Waals surface area contributed by atoms with Crippen LogP contribution in [0, 0.1) is 5.41 Å². The van der Waals surface area contributed by atoms with E-state index in [4.69, 9.17) is 0 Å². The molecule has 1 saturated carbocycles. The summed E-state index contributed by atoms with van der Waals surface area (Å²) in [6, 6.07) is 13.1. The van der Waals surface area contributed by atoms with Crippen molar-refractivity contribution in [1.82, 2.24) is 10.2 Å². The van der Waals surface area contributed by atoms with Gasteiger partial charge in [-0.25, -0.2) is 0 Å². The Kier molecular flexibility index (Phi) is 5.41. The second-order valence-electron chi connectivity index (χ2n) is 7.82. The number of carbonyl (C=O) groups is 1. The first-order chi connectivity index (χ1) is 12.8. The second kappa shape index (κ2) is 7.93. The average molecular weight is 369 g/mol. The second-order valence-corrected chi connectivity index (χ2v) is 8.60. The third-order valence-corrected chi connectivity index (χ3v) is 6.81. The normalized spacial score (nSPS) is 20.8. The number of hydrogen-bond donors (Lipinski definition) is 1. The van der Waals surface area contributed by atoms with Crippen LogP contribution in [0.4, 0.5) is 0 Å². The molecule has 1 aliphatic carbocycles. The van der Waals surface area contributed by atoms with E-state index >= 15 is 0 Å². The van der Waals surface area contributed by atoms with Crippen LogP contribution in [0.15, 0.2) is 47.2 Å². The Hall–Kier alpha value is -1.65. The molecule has 26 heavy (non-hydrogen) atoms. The lowest BCUT2D eigenvalue weighted by atomic mass is 9.93. The molecule has 2 fully saturated rings. The van der Waals surface area contributed by atoms with E-state index in [0.717, 1.165) is 32.5 Å². The number of nitrogens with zero attached hydrogens (tertiary/aromatic N) is 1. The van der Waals surface area contributed by atoms with Crippen LogP contribution >= 0.6 is 11.3 Å². The van der Waals surface area contributed by atoms with E-state index in [2.05, 4.69) is 51.3 Å². The van der Waals surface area contributed by atoms with Crippen LogP contribution in [0.2, 0.25) is 0 Å². The van der Waals surface area contributed by atoms with Crippen molar-refractivity contribution in [3.8, 4) is 0 Å². The number of carbonyl (C=O) groups excluding carboxylic acids is 1. The minimum atomic E-state index is 0.340. The van der Waals surface area contributed by atoms with E-state index in [0.29, 0.717) is 23.8 Å². The molecular formula is C22H28N2OS. The highest BCUT2D eigenvalue weighted by molar-refractivity contribution is 7.07. The van der Waals surface area contributed by atoms with Crippen LogP contribution < -0.4 is 5.32 Å². The van der Waals surface area contributed by atoms with Gasteiger partial charge in [0.05, 0.1) is 0 Å². The number of benzene rings is 1. The molecular weight excluding hydrogens is 340 g/mol. The summed E-state index contributed by atoms with van der Waals surface area (Å²) in [6.45, 7) is 2.99. The summed E-state index contributed by atoms with van der Waals surface area (Å²) in [5.74, 6) is 0.340. The molecule has 1 amide bonds. The Labute approximate surface area is 160 Å². The minimum absolute atomic E-state index is 0.340. The first kappa shape index (κ1) is 17.7. The Morgan fingerprint density at radius 2 is 1.96 bits per heavy atom. The van der Waals surface area contributed by atoms with Crippen molar-refractivity contribution >= 4 is 17.2 Å². The topological polar surface area (TPSA) is 32.3 Å². The molecule has 1 atom stereocenters. The summed E-state index contributed by atoms with van der Waals surface area (Å²) >= 11 is 1.72. The van der Waals surface area contributed by atoms with Gasteiger partial charge in [0.15, 0.2) is 0 Å². The molecule has 1 saturated heterocycles. The largest absolute Gasteiger partial charge is 0.335 e. The highest BCUT2D eigenvalue weighted by atomic mass is 32.1. The Balaban J connectivity index is 1.38. The monoisotopic (exact) mass is 368 g/mol. The molecule has 1 N–H and O–H groups in total. The van der Waals surface area contributed by atoms with E-state index in [1.807, 2.05) is 6.07 Å². The molecule has 3 nitrogen and oxygen atoms in total. The number of thiophene rings is 1. The lowest BCUT2D eigenvalue weighted by Crippen LogP contribution is -2.39. The van der Waals surface area contributed by atoms with Crippen molar-refractivity contribution in [3.63, 3.8) is 0 Å². The van der Waals surface area contributed by atoms with Gasteiger partial charge in [-0.15, -0.1) is 0 Å². The molecule has 1 spiro atoms. The number of piperidine rings is 1. The quantitative estimate of drug-likeness (QED) is 0.793. The Morgan fingerprint density at radius 3 is 2.69 bits per heavy atom. The molecule has 2 heterocycles. The summed E-state index contributed by atoms with van der Waals surface area (Å²) < 4.78 is 0. The van der Waals surface area contributed by atoms with Gasteiger partial charge in [0.2, 0.25) is 5.91 Å². The predicted molar refractivity (Wildman–Crippen MR) is 107 cm³/mol. The van der Waals surface area contributed by atoms with Crippen molar-refractivity contribution in [2.75, 3.05) is 13.1 Å². The molecule has 4 rings (SSSR count). The molecule has 0 bridgehead atoms. The van der Waals surface area contributed by atoms with Gasteiger partial charge >= 0.3 is 0 Å². The molecule has 138 valence electrons. The highest BCUT2D eigenvalue weighted by Crippen LogP contribution is 2.56. The maximum absolute atomic E-state index is 13.1. The lowest BCUT2D eigenvalue weighted by molar-refractivity contribution is -0.133. The van der Waals surface area contributed by atoms with Crippen molar-refractivity contribution in [2.45, 2.75) is 51.1 Å². The summed E-state index contributed by atoms with van der Waals surface area (Å²) in [7, 11) is 0. The van der Waals surface area contributed by atoms with Crippen molar-refractivity contribution in [2.24, 2.45) is 5.41 Å². The fraction of sp³-hybridized carbons (Fsp3) is 0.500. The molecule has 1 unspecified atom stereocenters. The zero-order valence-corrected chi connectivity index (χ0v) is 16.1. The lowest BCUT2D eigenvalue weighted by Gasteiger charge is -2.29.